The van der Waals surface area contributed by atoms with Crippen LogP contribution >= 0.6 is 11.6 Å². The van der Waals surface area contributed by atoms with Crippen molar-refractivity contribution in [2.45, 2.75) is 26.9 Å². The molecule has 2 aromatic rings. The fourth-order valence-electron chi connectivity index (χ4n) is 2.08. The topological polar surface area (TPSA) is 17.0 Å². The molecule has 1 N–H and O–H groups in total. The van der Waals surface area contributed by atoms with Gasteiger partial charge in [0, 0.05) is 34.7 Å². The first-order chi connectivity index (χ1) is 7.77. The highest BCUT2D eigenvalue weighted by Gasteiger charge is 2.08. The number of rotatable bonds is 4. The Morgan fingerprint density at radius 1 is 1.31 bits per heavy atom. The predicted molar refractivity (Wildman–Crippen MR) is 70.0 cm³/mol. The normalized spacial score (nSPS) is 11.2. The Morgan fingerprint density at radius 3 is 2.81 bits per heavy atom. The Kier molecular flexibility index (Phi) is 3.52. The average Bonchev–Trinajstić information content (AvgIpc) is 2.65. The minimum atomic E-state index is 0.836. The molecule has 0 bridgehead atoms. The zero-order valence-electron chi connectivity index (χ0n) is 9.76. The molecule has 0 aliphatic rings. The number of hydrogen-bond donors (Lipinski definition) is 1. The molecule has 0 saturated heterocycles. The SMILES string of the molecule is CCNCc1cc2c(Cl)cccc2n1CC. The highest BCUT2D eigenvalue weighted by atomic mass is 35.5. The van der Waals surface area contributed by atoms with Crippen LogP contribution in [0.4, 0.5) is 0 Å². The van der Waals surface area contributed by atoms with Crippen LogP contribution in [0.3, 0.4) is 0 Å². The van der Waals surface area contributed by atoms with Gasteiger partial charge in [0.05, 0.1) is 0 Å². The fraction of sp³-hybridized carbons (Fsp3) is 0.385. The van der Waals surface area contributed by atoms with Crippen LogP contribution in [-0.4, -0.2) is 11.1 Å². The predicted octanol–water partition coefficient (Wildman–Crippen LogP) is 3.42. The third-order valence-electron chi connectivity index (χ3n) is 2.85. The van der Waals surface area contributed by atoms with Gasteiger partial charge in [0.25, 0.3) is 0 Å². The van der Waals surface area contributed by atoms with Crippen molar-refractivity contribution in [3.63, 3.8) is 0 Å². The standard InChI is InChI=1S/C13H17ClN2/c1-3-15-9-10-8-11-12(14)6-5-7-13(11)16(10)4-2/h5-8,15H,3-4,9H2,1-2H3. The van der Waals surface area contributed by atoms with Crippen molar-refractivity contribution in [2.75, 3.05) is 6.54 Å². The van der Waals surface area contributed by atoms with E-state index in [1.807, 2.05) is 12.1 Å². The molecule has 0 unspecified atom stereocenters. The lowest BCUT2D eigenvalue weighted by Crippen LogP contribution is -2.14. The zero-order chi connectivity index (χ0) is 11.5. The van der Waals surface area contributed by atoms with Crippen molar-refractivity contribution in [2.24, 2.45) is 0 Å². The van der Waals surface area contributed by atoms with Crippen LogP contribution < -0.4 is 5.32 Å². The highest BCUT2D eigenvalue weighted by molar-refractivity contribution is 6.35. The van der Waals surface area contributed by atoms with E-state index in [0.29, 0.717) is 0 Å². The summed E-state index contributed by atoms with van der Waals surface area (Å²) in [6.45, 7) is 7.14. The number of aryl methyl sites for hydroxylation is 1. The summed E-state index contributed by atoms with van der Waals surface area (Å²) < 4.78 is 2.31. The van der Waals surface area contributed by atoms with Crippen molar-refractivity contribution in [1.82, 2.24) is 9.88 Å². The Labute approximate surface area is 101 Å². The Hall–Kier alpha value is -0.990. The second-order valence-electron chi connectivity index (χ2n) is 3.83. The Balaban J connectivity index is 2.52. The van der Waals surface area contributed by atoms with Gasteiger partial charge >= 0.3 is 0 Å². The smallest absolute Gasteiger partial charge is 0.0499 e. The maximum atomic E-state index is 6.20. The van der Waals surface area contributed by atoms with Gasteiger partial charge in [-0.25, -0.2) is 0 Å². The molecule has 2 nitrogen and oxygen atoms in total. The van der Waals surface area contributed by atoms with E-state index >= 15 is 0 Å². The third kappa shape index (κ3) is 1.95. The van der Waals surface area contributed by atoms with Gasteiger partial charge in [-0.3, -0.25) is 0 Å². The fourth-order valence-corrected chi connectivity index (χ4v) is 2.30. The number of halogens is 1. The van der Waals surface area contributed by atoms with Crippen molar-refractivity contribution in [3.05, 3.63) is 35.0 Å². The minimum Gasteiger partial charge on any atom is -0.344 e. The molecule has 0 amide bonds. The van der Waals surface area contributed by atoms with Crippen molar-refractivity contribution < 1.29 is 0 Å². The van der Waals surface area contributed by atoms with Crippen LogP contribution in [0.2, 0.25) is 5.02 Å². The van der Waals surface area contributed by atoms with Crippen molar-refractivity contribution in [1.29, 1.82) is 0 Å². The van der Waals surface area contributed by atoms with Crippen LogP contribution in [0, 0.1) is 0 Å². The van der Waals surface area contributed by atoms with E-state index in [2.05, 4.69) is 35.9 Å². The molecule has 0 spiro atoms. The second-order valence-corrected chi connectivity index (χ2v) is 4.24. The summed E-state index contributed by atoms with van der Waals surface area (Å²) in [5, 5.41) is 5.34. The van der Waals surface area contributed by atoms with Gasteiger partial charge in [-0.2, -0.15) is 0 Å². The average molecular weight is 237 g/mol. The number of aromatic nitrogens is 1. The monoisotopic (exact) mass is 236 g/mol. The quantitative estimate of drug-likeness (QED) is 0.861. The Morgan fingerprint density at radius 2 is 2.12 bits per heavy atom. The molecule has 3 heteroatoms. The summed E-state index contributed by atoms with van der Waals surface area (Å²) in [7, 11) is 0. The molecule has 0 saturated carbocycles. The summed E-state index contributed by atoms with van der Waals surface area (Å²) >= 11 is 6.20. The van der Waals surface area contributed by atoms with E-state index in [4.69, 9.17) is 11.6 Å². The van der Waals surface area contributed by atoms with Crippen LogP contribution in [0.15, 0.2) is 24.3 Å². The second kappa shape index (κ2) is 4.89. The first kappa shape index (κ1) is 11.5. The van der Waals surface area contributed by atoms with E-state index < -0.39 is 0 Å². The number of nitrogens with one attached hydrogen (secondary N) is 1. The molecule has 0 fully saturated rings. The largest absolute Gasteiger partial charge is 0.344 e. The molecule has 0 atom stereocenters. The summed E-state index contributed by atoms with van der Waals surface area (Å²) in [6.07, 6.45) is 0. The van der Waals surface area contributed by atoms with Gasteiger partial charge in [0.15, 0.2) is 0 Å². The van der Waals surface area contributed by atoms with Gasteiger partial charge in [0.1, 0.15) is 0 Å². The lowest BCUT2D eigenvalue weighted by Gasteiger charge is -2.07. The first-order valence-electron chi connectivity index (χ1n) is 5.75. The van der Waals surface area contributed by atoms with Gasteiger partial charge < -0.3 is 9.88 Å². The maximum Gasteiger partial charge on any atom is 0.0499 e. The van der Waals surface area contributed by atoms with E-state index in [1.165, 1.54) is 11.2 Å². The van der Waals surface area contributed by atoms with Crippen LogP contribution in [-0.2, 0) is 13.1 Å². The minimum absolute atomic E-state index is 0.836. The first-order valence-corrected chi connectivity index (χ1v) is 6.13. The highest BCUT2D eigenvalue weighted by Crippen LogP contribution is 2.26. The molecule has 0 radical (unpaired) electrons. The summed E-state index contributed by atoms with van der Waals surface area (Å²) in [5.41, 5.74) is 2.52. The van der Waals surface area contributed by atoms with Gasteiger partial charge in [-0.1, -0.05) is 24.6 Å². The molecule has 86 valence electrons. The number of hydrogen-bond acceptors (Lipinski definition) is 1. The molecule has 1 heterocycles. The molecule has 16 heavy (non-hydrogen) atoms. The van der Waals surface area contributed by atoms with Crippen LogP contribution in [0.1, 0.15) is 19.5 Å². The van der Waals surface area contributed by atoms with E-state index in [9.17, 15) is 0 Å². The van der Waals surface area contributed by atoms with Gasteiger partial charge in [-0.05, 0) is 31.7 Å². The van der Waals surface area contributed by atoms with E-state index in [-0.39, 0.29) is 0 Å². The molecule has 1 aromatic heterocycles. The van der Waals surface area contributed by atoms with Crippen LogP contribution in [0.25, 0.3) is 10.9 Å². The molecule has 0 aliphatic carbocycles. The van der Waals surface area contributed by atoms with Crippen LogP contribution in [0.5, 0.6) is 0 Å². The number of fused-ring (bicyclic) bond motifs is 1. The van der Waals surface area contributed by atoms with Crippen molar-refractivity contribution >= 4 is 22.5 Å². The van der Waals surface area contributed by atoms with E-state index in [0.717, 1.165) is 30.0 Å². The summed E-state index contributed by atoms with van der Waals surface area (Å²) in [4.78, 5) is 0. The lowest BCUT2D eigenvalue weighted by molar-refractivity contribution is 0.656. The molecule has 0 aliphatic heterocycles. The van der Waals surface area contributed by atoms with Gasteiger partial charge in [-0.15, -0.1) is 0 Å². The third-order valence-corrected chi connectivity index (χ3v) is 3.18. The molecular weight excluding hydrogens is 220 g/mol. The maximum absolute atomic E-state index is 6.20. The van der Waals surface area contributed by atoms with E-state index in [1.54, 1.807) is 0 Å². The Bertz CT molecular complexity index is 488. The molecule has 2 rings (SSSR count). The number of benzene rings is 1. The zero-order valence-corrected chi connectivity index (χ0v) is 10.5. The molecule has 1 aromatic carbocycles. The summed E-state index contributed by atoms with van der Waals surface area (Å²) in [6, 6.07) is 8.26. The van der Waals surface area contributed by atoms with Crippen molar-refractivity contribution in [3.8, 4) is 0 Å². The number of nitrogens with zero attached hydrogens (tertiary/aromatic N) is 1. The summed E-state index contributed by atoms with van der Waals surface area (Å²) in [5.74, 6) is 0. The molecular formula is C13H17ClN2. The lowest BCUT2D eigenvalue weighted by atomic mass is 10.2. The van der Waals surface area contributed by atoms with Gasteiger partial charge in [0.2, 0.25) is 0 Å².